The molecule has 1 saturated heterocycles. The number of carbonyl (C=O) groups is 1. The van der Waals surface area contributed by atoms with Gasteiger partial charge in [-0.05, 0) is 59.1 Å². The van der Waals surface area contributed by atoms with E-state index < -0.39 is 10.0 Å². The third-order valence-electron chi connectivity index (χ3n) is 4.99. The molecule has 0 spiro atoms. The molecule has 9 heteroatoms. The number of amides is 1. The highest BCUT2D eigenvalue weighted by Gasteiger charge is 2.32. The summed E-state index contributed by atoms with van der Waals surface area (Å²) in [5.74, 6) is -0.188. The molecule has 0 N–H and O–H groups in total. The SMILES string of the molecule is COCCN(CCCN(C)C)C(=O)c1cccc(S(=O)(=O)N2CC(C)OC(C)C2)c1. The summed E-state index contributed by atoms with van der Waals surface area (Å²) in [6.07, 6.45) is 0.480. The first-order valence-corrected chi connectivity index (χ1v) is 11.8. The first-order valence-electron chi connectivity index (χ1n) is 10.3. The molecule has 1 fully saturated rings. The van der Waals surface area contributed by atoms with Gasteiger partial charge in [-0.25, -0.2) is 8.42 Å². The smallest absolute Gasteiger partial charge is 0.253 e. The number of nitrogens with zero attached hydrogens (tertiary/aromatic N) is 3. The van der Waals surface area contributed by atoms with Gasteiger partial charge in [0.25, 0.3) is 5.91 Å². The van der Waals surface area contributed by atoms with Gasteiger partial charge >= 0.3 is 0 Å². The quantitative estimate of drug-likeness (QED) is 0.548. The third-order valence-corrected chi connectivity index (χ3v) is 6.82. The molecule has 8 nitrogen and oxygen atoms in total. The van der Waals surface area contributed by atoms with Crippen molar-refractivity contribution in [2.24, 2.45) is 0 Å². The van der Waals surface area contributed by atoms with E-state index in [-0.39, 0.29) is 23.0 Å². The topological polar surface area (TPSA) is 79.4 Å². The van der Waals surface area contributed by atoms with Crippen LogP contribution in [-0.4, -0.2) is 101 Å². The van der Waals surface area contributed by atoms with E-state index in [0.717, 1.165) is 13.0 Å². The molecule has 2 unspecified atom stereocenters. The van der Waals surface area contributed by atoms with Crippen LogP contribution in [0.1, 0.15) is 30.6 Å². The monoisotopic (exact) mass is 441 g/mol. The summed E-state index contributed by atoms with van der Waals surface area (Å²) in [6, 6.07) is 6.32. The van der Waals surface area contributed by atoms with Crippen molar-refractivity contribution < 1.29 is 22.7 Å². The van der Waals surface area contributed by atoms with Crippen LogP contribution in [0.25, 0.3) is 0 Å². The standard InChI is InChI=1S/C21H35N3O5S/c1-17-15-24(16-18(2)29-17)30(26,27)20-9-6-8-19(14-20)21(25)23(12-13-28-5)11-7-10-22(3)4/h6,8-9,14,17-18H,7,10-13,15-16H2,1-5H3. The Labute approximate surface area is 180 Å². The van der Waals surface area contributed by atoms with Gasteiger partial charge in [0.05, 0.1) is 23.7 Å². The first kappa shape index (κ1) is 24.7. The predicted molar refractivity (Wildman–Crippen MR) is 116 cm³/mol. The second-order valence-corrected chi connectivity index (χ2v) is 9.99. The Morgan fingerprint density at radius 3 is 2.43 bits per heavy atom. The number of ether oxygens (including phenoxy) is 2. The maximum absolute atomic E-state index is 13.2. The second kappa shape index (κ2) is 11.2. The molecule has 2 rings (SSSR count). The van der Waals surface area contributed by atoms with Crippen molar-refractivity contribution in [3.8, 4) is 0 Å². The molecular formula is C21H35N3O5S. The van der Waals surface area contributed by atoms with Crippen LogP contribution in [0.4, 0.5) is 0 Å². The number of carbonyl (C=O) groups excluding carboxylic acids is 1. The Balaban J connectivity index is 2.21. The number of sulfonamides is 1. The van der Waals surface area contributed by atoms with Crippen LogP contribution in [0.3, 0.4) is 0 Å². The normalized spacial score (nSPS) is 20.5. The van der Waals surface area contributed by atoms with Gasteiger partial charge in [-0.3, -0.25) is 4.79 Å². The van der Waals surface area contributed by atoms with Gasteiger partial charge in [0, 0.05) is 38.9 Å². The van der Waals surface area contributed by atoms with Crippen LogP contribution in [0.15, 0.2) is 29.2 Å². The van der Waals surface area contributed by atoms with Crippen LogP contribution in [-0.2, 0) is 19.5 Å². The molecule has 1 aliphatic rings. The summed E-state index contributed by atoms with van der Waals surface area (Å²) in [5.41, 5.74) is 0.367. The van der Waals surface area contributed by atoms with Crippen molar-refractivity contribution >= 4 is 15.9 Å². The average molecular weight is 442 g/mol. The number of hydrogen-bond donors (Lipinski definition) is 0. The fraction of sp³-hybridized carbons (Fsp3) is 0.667. The predicted octanol–water partition coefficient (Wildman–Crippen LogP) is 1.52. The number of benzene rings is 1. The molecule has 2 atom stereocenters. The molecule has 0 aromatic heterocycles. The zero-order chi connectivity index (χ0) is 22.3. The van der Waals surface area contributed by atoms with Crippen molar-refractivity contribution in [3.05, 3.63) is 29.8 Å². The molecule has 0 aliphatic carbocycles. The van der Waals surface area contributed by atoms with Gasteiger partial charge in [-0.1, -0.05) is 6.07 Å². The molecule has 1 heterocycles. The highest BCUT2D eigenvalue weighted by atomic mass is 32.2. The third kappa shape index (κ3) is 6.75. The zero-order valence-corrected chi connectivity index (χ0v) is 19.5. The molecule has 170 valence electrons. The van der Waals surface area contributed by atoms with Crippen molar-refractivity contribution in [2.45, 2.75) is 37.4 Å². The summed E-state index contributed by atoms with van der Waals surface area (Å²) in [4.78, 5) is 17.0. The van der Waals surface area contributed by atoms with Gasteiger partial charge in [-0.15, -0.1) is 0 Å². The maximum Gasteiger partial charge on any atom is 0.253 e. The van der Waals surface area contributed by atoms with Crippen molar-refractivity contribution in [1.82, 2.24) is 14.1 Å². The van der Waals surface area contributed by atoms with E-state index in [1.54, 1.807) is 30.2 Å². The number of methoxy groups -OCH3 is 1. The van der Waals surface area contributed by atoms with E-state index in [1.165, 1.54) is 10.4 Å². The van der Waals surface area contributed by atoms with E-state index in [0.29, 0.717) is 38.3 Å². The van der Waals surface area contributed by atoms with Crippen LogP contribution in [0.2, 0.25) is 0 Å². The molecule has 30 heavy (non-hydrogen) atoms. The summed E-state index contributed by atoms with van der Waals surface area (Å²) in [5, 5.41) is 0. The van der Waals surface area contributed by atoms with Crippen LogP contribution in [0, 0.1) is 0 Å². The van der Waals surface area contributed by atoms with E-state index in [1.807, 2.05) is 27.9 Å². The number of morpholine rings is 1. The first-order chi connectivity index (χ1) is 14.1. The lowest BCUT2D eigenvalue weighted by molar-refractivity contribution is -0.0440. The minimum atomic E-state index is -3.70. The molecule has 1 aliphatic heterocycles. The molecule has 0 radical (unpaired) electrons. The lowest BCUT2D eigenvalue weighted by atomic mass is 10.2. The Morgan fingerprint density at radius 2 is 1.83 bits per heavy atom. The minimum absolute atomic E-state index is 0.134. The van der Waals surface area contributed by atoms with Crippen molar-refractivity contribution in [1.29, 1.82) is 0 Å². The fourth-order valence-electron chi connectivity index (χ4n) is 3.54. The lowest BCUT2D eigenvalue weighted by Gasteiger charge is -2.34. The van der Waals surface area contributed by atoms with E-state index in [4.69, 9.17) is 9.47 Å². The molecule has 1 aromatic rings. The molecule has 1 amide bonds. The van der Waals surface area contributed by atoms with Crippen molar-refractivity contribution in [2.75, 3.05) is 60.5 Å². The summed E-state index contributed by atoms with van der Waals surface area (Å²) >= 11 is 0. The van der Waals surface area contributed by atoms with Crippen LogP contribution in [0.5, 0.6) is 0 Å². The fourth-order valence-corrected chi connectivity index (χ4v) is 5.18. The highest BCUT2D eigenvalue weighted by molar-refractivity contribution is 7.89. The largest absolute Gasteiger partial charge is 0.383 e. The summed E-state index contributed by atoms with van der Waals surface area (Å²) in [6.45, 7) is 6.64. The minimum Gasteiger partial charge on any atom is -0.383 e. The van der Waals surface area contributed by atoms with E-state index >= 15 is 0 Å². The van der Waals surface area contributed by atoms with Gasteiger partial charge in [0.2, 0.25) is 10.0 Å². The van der Waals surface area contributed by atoms with Gasteiger partial charge in [0.1, 0.15) is 0 Å². The van der Waals surface area contributed by atoms with E-state index in [2.05, 4.69) is 4.90 Å². The molecule has 0 saturated carbocycles. The van der Waals surface area contributed by atoms with Crippen LogP contribution >= 0.6 is 0 Å². The Bertz CT molecular complexity index is 790. The van der Waals surface area contributed by atoms with Gasteiger partial charge in [-0.2, -0.15) is 4.31 Å². The zero-order valence-electron chi connectivity index (χ0n) is 18.7. The number of hydrogen-bond acceptors (Lipinski definition) is 6. The average Bonchev–Trinajstić information content (AvgIpc) is 2.69. The Kier molecular flexibility index (Phi) is 9.24. The molecule has 1 aromatic carbocycles. The molecular weight excluding hydrogens is 406 g/mol. The lowest BCUT2D eigenvalue weighted by Crippen LogP contribution is -2.48. The number of rotatable bonds is 10. The maximum atomic E-state index is 13.2. The van der Waals surface area contributed by atoms with E-state index in [9.17, 15) is 13.2 Å². The Morgan fingerprint density at radius 1 is 1.17 bits per heavy atom. The second-order valence-electron chi connectivity index (χ2n) is 8.05. The van der Waals surface area contributed by atoms with Crippen LogP contribution < -0.4 is 0 Å². The Hall–Kier alpha value is -1.52. The summed E-state index contributed by atoms with van der Waals surface area (Å²) < 4.78 is 38.6. The highest BCUT2D eigenvalue weighted by Crippen LogP contribution is 2.22. The van der Waals surface area contributed by atoms with Gasteiger partial charge < -0.3 is 19.3 Å². The van der Waals surface area contributed by atoms with Gasteiger partial charge in [0.15, 0.2) is 0 Å². The molecule has 0 bridgehead atoms. The van der Waals surface area contributed by atoms with Crippen molar-refractivity contribution in [3.63, 3.8) is 0 Å². The summed E-state index contributed by atoms with van der Waals surface area (Å²) in [7, 11) is 1.87.